The summed E-state index contributed by atoms with van der Waals surface area (Å²) in [6.45, 7) is 2.05. The Kier molecular flexibility index (Phi) is 4.84. The summed E-state index contributed by atoms with van der Waals surface area (Å²) in [7, 11) is 1.82. The number of aromatic nitrogens is 1. The largest absolute Gasteiger partial charge is 0.354 e. The number of carbonyl (C=O) groups excluding carboxylic acids is 3. The number of nitrogens with zero attached hydrogens (tertiary/aromatic N) is 2. The highest BCUT2D eigenvalue weighted by atomic mass is 16.2. The van der Waals surface area contributed by atoms with Crippen molar-refractivity contribution in [1.82, 2.24) is 25.4 Å². The summed E-state index contributed by atoms with van der Waals surface area (Å²) in [5.41, 5.74) is 0.600. The maximum absolute atomic E-state index is 12.6. The third-order valence-electron chi connectivity index (χ3n) is 4.54. The van der Waals surface area contributed by atoms with Crippen LogP contribution in [0.5, 0.6) is 0 Å². The van der Waals surface area contributed by atoms with Crippen LogP contribution in [0.2, 0.25) is 0 Å². The van der Waals surface area contributed by atoms with Crippen LogP contribution in [0.3, 0.4) is 0 Å². The lowest BCUT2D eigenvalue weighted by atomic mass is 10.1. The molecule has 130 valence electrons. The van der Waals surface area contributed by atoms with Gasteiger partial charge in [-0.15, -0.1) is 0 Å². The van der Waals surface area contributed by atoms with E-state index in [1.54, 1.807) is 15.5 Å². The molecule has 3 N–H and O–H groups in total. The molecule has 0 spiro atoms. The van der Waals surface area contributed by atoms with Crippen LogP contribution in [0.4, 0.5) is 0 Å². The van der Waals surface area contributed by atoms with Crippen LogP contribution in [0.1, 0.15) is 23.3 Å². The smallest absolute Gasteiger partial charge is 0.270 e. The molecule has 2 fully saturated rings. The Labute approximate surface area is 140 Å². The molecule has 2 atom stereocenters. The second-order valence-corrected chi connectivity index (χ2v) is 6.26. The van der Waals surface area contributed by atoms with Gasteiger partial charge in [-0.05, 0) is 25.0 Å². The van der Waals surface area contributed by atoms with Gasteiger partial charge in [0.15, 0.2) is 0 Å². The molecule has 2 aliphatic rings. The zero-order chi connectivity index (χ0) is 17.1. The number of rotatable bonds is 3. The van der Waals surface area contributed by atoms with Gasteiger partial charge in [0.25, 0.3) is 5.91 Å². The summed E-state index contributed by atoms with van der Waals surface area (Å²) in [4.78, 5) is 38.5. The fraction of sp³-hybridized carbons (Fsp3) is 0.562. The first-order valence-corrected chi connectivity index (χ1v) is 8.28. The molecule has 0 radical (unpaired) electrons. The zero-order valence-corrected chi connectivity index (χ0v) is 13.7. The molecule has 0 aromatic carbocycles. The van der Waals surface area contributed by atoms with Gasteiger partial charge in [-0.3, -0.25) is 14.4 Å². The van der Waals surface area contributed by atoms with Crippen LogP contribution in [-0.4, -0.2) is 65.5 Å². The summed E-state index contributed by atoms with van der Waals surface area (Å²) >= 11 is 0. The van der Waals surface area contributed by atoms with Gasteiger partial charge in [0.1, 0.15) is 17.8 Å². The standard InChI is InChI=1S/C16H23N5O3/c1-20-8-3-5-13(20)16(24)21-9-7-17-12(10-21)15(23)19-11-4-2-6-18-14(11)22/h3,5,8,11-12,17H,2,4,6-7,9-10H2,1H3,(H,18,22)(H,19,23)/t11-,12-/m0/s1. The highest BCUT2D eigenvalue weighted by Gasteiger charge is 2.32. The quantitative estimate of drug-likeness (QED) is 0.650. The fourth-order valence-corrected chi connectivity index (χ4v) is 3.14. The topological polar surface area (TPSA) is 95.5 Å². The summed E-state index contributed by atoms with van der Waals surface area (Å²) in [5.74, 6) is -0.458. The van der Waals surface area contributed by atoms with E-state index >= 15 is 0 Å². The fourth-order valence-electron chi connectivity index (χ4n) is 3.14. The summed E-state index contributed by atoms with van der Waals surface area (Å²) in [5, 5.41) is 8.66. The Balaban J connectivity index is 1.60. The number of piperidine rings is 1. The van der Waals surface area contributed by atoms with Crippen molar-refractivity contribution in [3.05, 3.63) is 24.0 Å². The van der Waals surface area contributed by atoms with Gasteiger partial charge in [-0.2, -0.15) is 0 Å². The van der Waals surface area contributed by atoms with E-state index in [1.165, 1.54) is 0 Å². The highest BCUT2D eigenvalue weighted by molar-refractivity contribution is 5.94. The third-order valence-corrected chi connectivity index (χ3v) is 4.54. The molecular weight excluding hydrogens is 310 g/mol. The van der Waals surface area contributed by atoms with Gasteiger partial charge in [0, 0.05) is 39.4 Å². The minimum absolute atomic E-state index is 0.0859. The lowest BCUT2D eigenvalue weighted by Gasteiger charge is -2.34. The number of aryl methyl sites for hydroxylation is 1. The molecule has 2 aliphatic heterocycles. The van der Waals surface area contributed by atoms with Gasteiger partial charge in [0.2, 0.25) is 11.8 Å². The van der Waals surface area contributed by atoms with Crippen molar-refractivity contribution in [2.75, 3.05) is 26.2 Å². The summed E-state index contributed by atoms with van der Waals surface area (Å²) < 4.78 is 1.77. The monoisotopic (exact) mass is 333 g/mol. The van der Waals surface area contributed by atoms with E-state index in [9.17, 15) is 14.4 Å². The van der Waals surface area contributed by atoms with Gasteiger partial charge >= 0.3 is 0 Å². The predicted octanol–water partition coefficient (Wildman–Crippen LogP) is -1.17. The minimum Gasteiger partial charge on any atom is -0.354 e. The Morgan fingerprint density at radius 1 is 1.33 bits per heavy atom. The van der Waals surface area contributed by atoms with E-state index in [0.717, 1.165) is 6.42 Å². The Hall–Kier alpha value is -2.35. The average Bonchev–Trinajstić information content (AvgIpc) is 3.02. The van der Waals surface area contributed by atoms with Crippen molar-refractivity contribution in [3.8, 4) is 0 Å². The van der Waals surface area contributed by atoms with Crippen LogP contribution in [0.15, 0.2) is 18.3 Å². The first-order chi connectivity index (χ1) is 11.6. The van der Waals surface area contributed by atoms with Gasteiger partial charge < -0.3 is 25.4 Å². The number of amides is 3. The Morgan fingerprint density at radius 2 is 2.17 bits per heavy atom. The highest BCUT2D eigenvalue weighted by Crippen LogP contribution is 2.09. The molecular formula is C16H23N5O3. The first-order valence-electron chi connectivity index (χ1n) is 8.28. The molecule has 8 nitrogen and oxygen atoms in total. The van der Waals surface area contributed by atoms with E-state index in [1.807, 2.05) is 19.3 Å². The van der Waals surface area contributed by atoms with Crippen LogP contribution in [0.25, 0.3) is 0 Å². The maximum atomic E-state index is 12.6. The molecule has 3 amide bonds. The van der Waals surface area contributed by atoms with Crippen molar-refractivity contribution in [1.29, 1.82) is 0 Å². The number of piperazine rings is 1. The van der Waals surface area contributed by atoms with E-state index in [4.69, 9.17) is 0 Å². The van der Waals surface area contributed by atoms with E-state index in [0.29, 0.717) is 38.3 Å². The third kappa shape index (κ3) is 3.43. The van der Waals surface area contributed by atoms with Crippen molar-refractivity contribution < 1.29 is 14.4 Å². The Morgan fingerprint density at radius 3 is 2.88 bits per heavy atom. The molecule has 0 aliphatic carbocycles. The number of hydrogen-bond acceptors (Lipinski definition) is 4. The van der Waals surface area contributed by atoms with Gasteiger partial charge in [-0.1, -0.05) is 0 Å². The Bertz CT molecular complexity index is 641. The van der Waals surface area contributed by atoms with E-state index in [2.05, 4.69) is 16.0 Å². The molecule has 1 aromatic rings. The molecule has 3 heterocycles. The lowest BCUT2D eigenvalue weighted by Crippen LogP contribution is -2.61. The van der Waals surface area contributed by atoms with Crippen LogP contribution in [-0.2, 0) is 16.6 Å². The minimum atomic E-state index is -0.502. The first kappa shape index (κ1) is 16.5. The van der Waals surface area contributed by atoms with Gasteiger partial charge in [0.05, 0.1) is 0 Å². The molecule has 0 saturated carbocycles. The predicted molar refractivity (Wildman–Crippen MR) is 87.3 cm³/mol. The van der Waals surface area contributed by atoms with Crippen molar-refractivity contribution in [2.45, 2.75) is 24.9 Å². The van der Waals surface area contributed by atoms with Crippen molar-refractivity contribution >= 4 is 17.7 Å². The van der Waals surface area contributed by atoms with Gasteiger partial charge in [-0.25, -0.2) is 0 Å². The second kappa shape index (κ2) is 7.04. The SMILES string of the molecule is Cn1cccc1C(=O)N1CCN[C@H](C(=O)N[C@H]2CCCNC2=O)C1. The van der Waals surface area contributed by atoms with E-state index < -0.39 is 12.1 Å². The molecule has 1 aromatic heterocycles. The number of carbonyl (C=O) groups is 3. The average molecular weight is 333 g/mol. The van der Waals surface area contributed by atoms with Crippen LogP contribution >= 0.6 is 0 Å². The summed E-state index contributed by atoms with van der Waals surface area (Å²) in [6, 6.07) is 2.61. The molecule has 2 saturated heterocycles. The molecule has 3 rings (SSSR count). The lowest BCUT2D eigenvalue weighted by molar-refractivity contribution is -0.131. The van der Waals surface area contributed by atoms with E-state index in [-0.39, 0.29) is 17.7 Å². The van der Waals surface area contributed by atoms with Crippen LogP contribution in [0, 0.1) is 0 Å². The normalized spacial score (nSPS) is 24.4. The number of hydrogen-bond donors (Lipinski definition) is 3. The molecule has 0 unspecified atom stereocenters. The molecule has 24 heavy (non-hydrogen) atoms. The van der Waals surface area contributed by atoms with Crippen LogP contribution < -0.4 is 16.0 Å². The maximum Gasteiger partial charge on any atom is 0.270 e. The van der Waals surface area contributed by atoms with Crippen molar-refractivity contribution in [3.63, 3.8) is 0 Å². The molecule has 0 bridgehead atoms. The second-order valence-electron chi connectivity index (χ2n) is 6.26. The summed E-state index contributed by atoms with van der Waals surface area (Å²) in [6.07, 6.45) is 3.32. The zero-order valence-electron chi connectivity index (χ0n) is 13.7. The molecule has 8 heteroatoms. The number of nitrogens with one attached hydrogen (secondary N) is 3. The van der Waals surface area contributed by atoms with Crippen molar-refractivity contribution in [2.24, 2.45) is 7.05 Å².